The molecule has 0 fully saturated rings. The van der Waals surface area contributed by atoms with E-state index in [9.17, 15) is 4.79 Å². The third kappa shape index (κ3) is 3.49. The van der Waals surface area contributed by atoms with E-state index in [2.05, 4.69) is 0 Å². The summed E-state index contributed by atoms with van der Waals surface area (Å²) in [7, 11) is 3.01. The van der Waals surface area contributed by atoms with E-state index in [1.807, 2.05) is 13.0 Å². The number of ether oxygens (including phenoxy) is 3. The quantitative estimate of drug-likeness (QED) is 0.761. The molecular formula is C14H15NO4. The average molecular weight is 261 g/mol. The molecule has 0 aliphatic carbocycles. The van der Waals surface area contributed by atoms with Crippen molar-refractivity contribution in [2.45, 2.75) is 6.92 Å². The zero-order valence-corrected chi connectivity index (χ0v) is 11.1. The Morgan fingerprint density at radius 1 is 1.37 bits per heavy atom. The van der Waals surface area contributed by atoms with Crippen molar-refractivity contribution in [2.75, 3.05) is 20.8 Å². The van der Waals surface area contributed by atoms with Crippen molar-refractivity contribution < 1.29 is 19.0 Å². The SMILES string of the molecule is CC=Cc1cc(C(=O)OCC#N)cc(OC)c1OC. The third-order valence-corrected chi connectivity index (χ3v) is 2.36. The van der Waals surface area contributed by atoms with E-state index in [0.29, 0.717) is 22.6 Å². The van der Waals surface area contributed by atoms with Gasteiger partial charge in [0.1, 0.15) is 6.07 Å². The summed E-state index contributed by atoms with van der Waals surface area (Å²) in [6.45, 7) is 1.57. The smallest absolute Gasteiger partial charge is 0.339 e. The van der Waals surface area contributed by atoms with Crippen LogP contribution in [0, 0.1) is 11.3 Å². The molecule has 0 aliphatic rings. The Hall–Kier alpha value is -2.48. The van der Waals surface area contributed by atoms with Gasteiger partial charge in [-0.2, -0.15) is 5.26 Å². The van der Waals surface area contributed by atoms with Crippen molar-refractivity contribution in [1.29, 1.82) is 5.26 Å². The van der Waals surface area contributed by atoms with Crippen LogP contribution in [0.4, 0.5) is 0 Å². The van der Waals surface area contributed by atoms with Gasteiger partial charge in [-0.3, -0.25) is 0 Å². The standard InChI is InChI=1S/C14H15NO4/c1-4-5-10-8-11(14(16)19-7-6-15)9-12(17-2)13(10)18-3/h4-5,8-9H,7H2,1-3H3. The van der Waals surface area contributed by atoms with Gasteiger partial charge >= 0.3 is 5.97 Å². The topological polar surface area (TPSA) is 68.6 Å². The molecule has 1 aromatic carbocycles. The Labute approximate surface area is 112 Å². The highest BCUT2D eigenvalue weighted by Crippen LogP contribution is 2.33. The van der Waals surface area contributed by atoms with Crippen LogP contribution in [-0.4, -0.2) is 26.8 Å². The molecule has 0 bridgehead atoms. The molecule has 0 unspecified atom stereocenters. The highest BCUT2D eigenvalue weighted by atomic mass is 16.5. The van der Waals surface area contributed by atoms with E-state index in [-0.39, 0.29) is 6.61 Å². The molecule has 5 heteroatoms. The zero-order valence-electron chi connectivity index (χ0n) is 11.1. The Morgan fingerprint density at radius 2 is 2.11 bits per heavy atom. The van der Waals surface area contributed by atoms with E-state index in [4.69, 9.17) is 19.5 Å². The van der Waals surface area contributed by atoms with Crippen LogP contribution in [0.25, 0.3) is 6.08 Å². The first-order valence-electron chi connectivity index (χ1n) is 5.60. The fraction of sp³-hybridized carbons (Fsp3) is 0.286. The maximum Gasteiger partial charge on any atom is 0.339 e. The van der Waals surface area contributed by atoms with E-state index in [0.717, 1.165) is 0 Å². The van der Waals surface area contributed by atoms with Crippen LogP contribution >= 0.6 is 0 Å². The number of esters is 1. The van der Waals surface area contributed by atoms with Crippen LogP contribution in [0.15, 0.2) is 18.2 Å². The number of nitriles is 1. The second kappa shape index (κ2) is 7.07. The van der Waals surface area contributed by atoms with Gasteiger partial charge in [0.05, 0.1) is 19.8 Å². The summed E-state index contributed by atoms with van der Waals surface area (Å²) in [5, 5.41) is 8.40. The molecule has 0 spiro atoms. The molecule has 0 atom stereocenters. The van der Waals surface area contributed by atoms with Crippen molar-refractivity contribution in [1.82, 2.24) is 0 Å². The van der Waals surface area contributed by atoms with Gasteiger partial charge in [0.25, 0.3) is 0 Å². The molecule has 0 heterocycles. The second-order valence-electron chi connectivity index (χ2n) is 3.54. The molecule has 0 radical (unpaired) electrons. The Bertz CT molecular complexity index is 529. The van der Waals surface area contributed by atoms with Gasteiger partial charge in [-0.05, 0) is 19.1 Å². The summed E-state index contributed by atoms with van der Waals surface area (Å²) in [6.07, 6.45) is 3.62. The van der Waals surface area contributed by atoms with Crippen LogP contribution in [-0.2, 0) is 4.74 Å². The van der Waals surface area contributed by atoms with Gasteiger partial charge in [-0.1, -0.05) is 12.2 Å². The highest BCUT2D eigenvalue weighted by Gasteiger charge is 2.15. The summed E-state index contributed by atoms with van der Waals surface area (Å²) in [5.74, 6) is 0.396. The first kappa shape index (κ1) is 14.6. The van der Waals surface area contributed by atoms with Crippen LogP contribution in [0.2, 0.25) is 0 Å². The normalized spacial score (nSPS) is 10.0. The number of rotatable bonds is 5. The van der Waals surface area contributed by atoms with E-state index >= 15 is 0 Å². The number of hydrogen-bond donors (Lipinski definition) is 0. The predicted molar refractivity (Wildman–Crippen MR) is 70.1 cm³/mol. The van der Waals surface area contributed by atoms with Crippen molar-refractivity contribution in [2.24, 2.45) is 0 Å². The van der Waals surface area contributed by atoms with E-state index in [1.54, 1.807) is 18.2 Å². The van der Waals surface area contributed by atoms with Gasteiger partial charge in [-0.25, -0.2) is 4.79 Å². The Balaban J connectivity index is 3.24. The summed E-state index contributed by atoms with van der Waals surface area (Å²) >= 11 is 0. The maximum atomic E-state index is 11.7. The largest absolute Gasteiger partial charge is 0.493 e. The minimum atomic E-state index is -0.576. The number of carbonyl (C=O) groups excluding carboxylic acids is 1. The molecule has 1 aromatic rings. The molecule has 1 rings (SSSR count). The van der Waals surface area contributed by atoms with Gasteiger partial charge in [0.2, 0.25) is 0 Å². The van der Waals surface area contributed by atoms with Crippen LogP contribution < -0.4 is 9.47 Å². The fourth-order valence-electron chi connectivity index (χ4n) is 1.60. The molecule has 0 saturated carbocycles. The molecular weight excluding hydrogens is 246 g/mol. The Kier molecular flexibility index (Phi) is 5.42. The van der Waals surface area contributed by atoms with Crippen LogP contribution in [0.1, 0.15) is 22.8 Å². The van der Waals surface area contributed by atoms with Gasteiger partial charge in [-0.15, -0.1) is 0 Å². The minimum Gasteiger partial charge on any atom is -0.493 e. The summed E-state index contributed by atoms with van der Waals surface area (Å²) in [5.41, 5.74) is 1.01. The minimum absolute atomic E-state index is 0.286. The predicted octanol–water partition coefficient (Wildman–Crippen LogP) is 2.42. The first-order valence-corrected chi connectivity index (χ1v) is 5.60. The summed E-state index contributed by atoms with van der Waals surface area (Å²) in [6, 6.07) is 4.89. The molecule has 0 aromatic heterocycles. The lowest BCUT2D eigenvalue weighted by atomic mass is 10.1. The summed E-state index contributed by atoms with van der Waals surface area (Å²) < 4.78 is 15.2. The fourth-order valence-corrected chi connectivity index (χ4v) is 1.60. The average Bonchev–Trinajstić information content (AvgIpc) is 2.44. The third-order valence-electron chi connectivity index (χ3n) is 2.36. The van der Waals surface area contributed by atoms with Crippen molar-refractivity contribution in [3.63, 3.8) is 0 Å². The monoisotopic (exact) mass is 261 g/mol. The van der Waals surface area contributed by atoms with Crippen molar-refractivity contribution in [3.8, 4) is 17.6 Å². The van der Waals surface area contributed by atoms with E-state index < -0.39 is 5.97 Å². The van der Waals surface area contributed by atoms with Crippen molar-refractivity contribution >= 4 is 12.0 Å². The van der Waals surface area contributed by atoms with Gasteiger partial charge in [0, 0.05) is 5.56 Å². The lowest BCUT2D eigenvalue weighted by Crippen LogP contribution is -2.06. The lowest BCUT2D eigenvalue weighted by molar-refractivity contribution is 0.0554. The number of hydrogen-bond acceptors (Lipinski definition) is 5. The van der Waals surface area contributed by atoms with Crippen molar-refractivity contribution in [3.05, 3.63) is 29.3 Å². The van der Waals surface area contributed by atoms with Crippen LogP contribution in [0.5, 0.6) is 11.5 Å². The molecule has 5 nitrogen and oxygen atoms in total. The number of carbonyl (C=O) groups is 1. The van der Waals surface area contributed by atoms with E-state index in [1.165, 1.54) is 20.3 Å². The number of allylic oxidation sites excluding steroid dienone is 1. The molecule has 0 saturated heterocycles. The van der Waals surface area contributed by atoms with Gasteiger partial charge < -0.3 is 14.2 Å². The van der Waals surface area contributed by atoms with Gasteiger partial charge in [0.15, 0.2) is 18.1 Å². The van der Waals surface area contributed by atoms with Crippen LogP contribution in [0.3, 0.4) is 0 Å². The molecule has 0 aliphatic heterocycles. The summed E-state index contributed by atoms with van der Waals surface area (Å²) in [4.78, 5) is 11.7. The molecule has 0 N–H and O–H groups in total. The first-order chi connectivity index (χ1) is 9.17. The molecule has 19 heavy (non-hydrogen) atoms. The second-order valence-corrected chi connectivity index (χ2v) is 3.54. The molecule has 100 valence electrons. The number of benzene rings is 1. The maximum absolute atomic E-state index is 11.7. The molecule has 0 amide bonds. The highest BCUT2D eigenvalue weighted by molar-refractivity contribution is 5.91. The lowest BCUT2D eigenvalue weighted by Gasteiger charge is -2.12. The zero-order chi connectivity index (χ0) is 14.3. The number of nitrogens with zero attached hydrogens (tertiary/aromatic N) is 1. The number of methoxy groups -OCH3 is 2. The Morgan fingerprint density at radius 3 is 2.63 bits per heavy atom.